The zero-order valence-electron chi connectivity index (χ0n) is 14.3. The van der Waals surface area contributed by atoms with E-state index in [9.17, 15) is 4.39 Å². The maximum Gasteiger partial charge on any atom is 0.144 e. The van der Waals surface area contributed by atoms with E-state index < -0.39 is 0 Å². The first-order chi connectivity index (χ1) is 12.2. The molecule has 2 aliphatic heterocycles. The predicted octanol–water partition coefficient (Wildman–Crippen LogP) is 2.69. The Kier molecular flexibility index (Phi) is 4.26. The van der Waals surface area contributed by atoms with Gasteiger partial charge in [0.1, 0.15) is 5.83 Å². The van der Waals surface area contributed by atoms with Crippen LogP contribution in [0.25, 0.3) is 11.0 Å². The molecule has 0 spiro atoms. The topological polar surface area (TPSA) is 53.1 Å². The summed E-state index contributed by atoms with van der Waals surface area (Å²) in [5.41, 5.74) is 4.37. The van der Waals surface area contributed by atoms with E-state index in [-0.39, 0.29) is 12.4 Å². The highest BCUT2D eigenvalue weighted by Gasteiger charge is 2.27. The van der Waals surface area contributed by atoms with Gasteiger partial charge in [0, 0.05) is 38.2 Å². The van der Waals surface area contributed by atoms with Gasteiger partial charge in [0.25, 0.3) is 0 Å². The number of hydrogen-bond donors (Lipinski definition) is 2. The minimum absolute atomic E-state index is 0.0940. The monoisotopic (exact) mass is 339 g/mol. The zero-order valence-corrected chi connectivity index (χ0v) is 14.3. The second-order valence-electron chi connectivity index (χ2n) is 6.77. The van der Waals surface area contributed by atoms with Gasteiger partial charge in [0.2, 0.25) is 0 Å². The molecule has 1 unspecified atom stereocenters. The molecule has 0 amide bonds. The van der Waals surface area contributed by atoms with E-state index in [4.69, 9.17) is 0 Å². The van der Waals surface area contributed by atoms with Crippen LogP contribution in [-0.4, -0.2) is 34.5 Å². The van der Waals surface area contributed by atoms with Crippen molar-refractivity contribution in [3.05, 3.63) is 59.6 Å². The molecule has 4 rings (SSSR count). The lowest BCUT2D eigenvalue weighted by atomic mass is 10.1. The molecule has 1 aromatic carbocycles. The third-order valence-corrected chi connectivity index (χ3v) is 4.77. The van der Waals surface area contributed by atoms with Crippen molar-refractivity contribution < 1.29 is 4.39 Å². The van der Waals surface area contributed by atoms with Gasteiger partial charge in [0.15, 0.2) is 0 Å². The average molecular weight is 339 g/mol. The van der Waals surface area contributed by atoms with E-state index in [0.29, 0.717) is 18.2 Å². The Labute approximate surface area is 146 Å². The smallest absolute Gasteiger partial charge is 0.144 e. The van der Waals surface area contributed by atoms with Gasteiger partial charge < -0.3 is 15.5 Å². The van der Waals surface area contributed by atoms with Crippen molar-refractivity contribution in [1.82, 2.24) is 25.5 Å². The van der Waals surface area contributed by atoms with Gasteiger partial charge in [-0.3, -0.25) is 9.97 Å². The highest BCUT2D eigenvalue weighted by atomic mass is 19.1. The van der Waals surface area contributed by atoms with Gasteiger partial charge in [-0.05, 0) is 30.0 Å². The quantitative estimate of drug-likeness (QED) is 0.897. The maximum absolute atomic E-state index is 14.5. The van der Waals surface area contributed by atoms with Gasteiger partial charge in [0.05, 0.1) is 29.0 Å². The van der Waals surface area contributed by atoms with Gasteiger partial charge in [-0.2, -0.15) is 0 Å². The molecule has 2 aromatic rings. The highest BCUT2D eigenvalue weighted by Crippen LogP contribution is 2.28. The molecule has 3 heterocycles. The van der Waals surface area contributed by atoms with Crippen LogP contribution in [0.3, 0.4) is 0 Å². The van der Waals surface area contributed by atoms with E-state index in [1.807, 2.05) is 24.4 Å². The number of fused-ring (bicyclic) bond motifs is 1. The van der Waals surface area contributed by atoms with E-state index in [1.165, 1.54) is 0 Å². The fourth-order valence-electron chi connectivity index (χ4n) is 3.47. The van der Waals surface area contributed by atoms with E-state index >= 15 is 0 Å². The van der Waals surface area contributed by atoms with E-state index in [1.54, 1.807) is 12.4 Å². The van der Waals surface area contributed by atoms with Crippen molar-refractivity contribution >= 4 is 11.0 Å². The number of hydrogen-bond acceptors (Lipinski definition) is 5. The van der Waals surface area contributed by atoms with Crippen LogP contribution in [0.2, 0.25) is 0 Å². The maximum atomic E-state index is 14.5. The number of likely N-dealkylation sites (tertiary alicyclic amines) is 1. The zero-order chi connectivity index (χ0) is 17.2. The number of halogens is 1. The molecule has 0 saturated carbocycles. The van der Waals surface area contributed by atoms with Crippen LogP contribution in [0, 0.1) is 5.92 Å². The second-order valence-corrected chi connectivity index (χ2v) is 6.77. The Morgan fingerprint density at radius 1 is 1.28 bits per heavy atom. The standard InChI is InChI=1S/C19H22FN5/c1-13-4-7-25(12-13)19-15(20)10-21-11-18(19)24-9-14-2-3-16-17(8-14)23-6-5-22-16/h2-3,5-6,8,11,13,21,24H,4,7,9-10,12H2,1H3. The summed E-state index contributed by atoms with van der Waals surface area (Å²) in [6.45, 7) is 4.91. The summed E-state index contributed by atoms with van der Waals surface area (Å²) in [4.78, 5) is 10.8. The first kappa shape index (κ1) is 15.9. The number of rotatable bonds is 4. The number of benzene rings is 1. The Morgan fingerprint density at radius 3 is 2.92 bits per heavy atom. The van der Waals surface area contributed by atoms with Crippen LogP contribution < -0.4 is 10.6 Å². The molecule has 1 saturated heterocycles. The number of nitrogens with zero attached hydrogens (tertiary/aromatic N) is 3. The lowest BCUT2D eigenvalue weighted by Crippen LogP contribution is -2.33. The van der Waals surface area contributed by atoms with Crippen LogP contribution >= 0.6 is 0 Å². The minimum atomic E-state index is -0.0940. The van der Waals surface area contributed by atoms with E-state index in [0.717, 1.165) is 41.8 Å². The van der Waals surface area contributed by atoms with Crippen molar-refractivity contribution in [2.45, 2.75) is 19.9 Å². The lowest BCUT2D eigenvalue weighted by molar-refractivity contribution is 0.381. The summed E-state index contributed by atoms with van der Waals surface area (Å²) in [5, 5.41) is 6.39. The summed E-state index contributed by atoms with van der Waals surface area (Å²) < 4.78 is 14.5. The number of nitrogens with one attached hydrogen (secondary N) is 2. The molecule has 5 nitrogen and oxygen atoms in total. The summed E-state index contributed by atoms with van der Waals surface area (Å²) in [7, 11) is 0. The third kappa shape index (κ3) is 3.29. The third-order valence-electron chi connectivity index (χ3n) is 4.77. The molecule has 25 heavy (non-hydrogen) atoms. The Hall–Kier alpha value is -2.63. The van der Waals surface area contributed by atoms with Crippen molar-refractivity contribution in [2.75, 3.05) is 19.6 Å². The molecule has 130 valence electrons. The highest BCUT2D eigenvalue weighted by molar-refractivity contribution is 5.74. The van der Waals surface area contributed by atoms with Gasteiger partial charge in [-0.25, -0.2) is 4.39 Å². The van der Waals surface area contributed by atoms with Crippen molar-refractivity contribution in [2.24, 2.45) is 5.92 Å². The normalized spacial score (nSPS) is 20.6. The molecule has 0 radical (unpaired) electrons. The van der Waals surface area contributed by atoms with E-state index in [2.05, 4.69) is 32.4 Å². The molecular weight excluding hydrogens is 317 g/mol. The number of dihydropyridines is 1. The Balaban J connectivity index is 1.51. The molecular formula is C19H22FN5. The van der Waals surface area contributed by atoms with Crippen LogP contribution in [0.5, 0.6) is 0 Å². The molecule has 1 aromatic heterocycles. The molecule has 0 bridgehead atoms. The fourth-order valence-corrected chi connectivity index (χ4v) is 3.47. The Bertz CT molecular complexity index is 845. The molecule has 6 heteroatoms. The fraction of sp³-hybridized carbons (Fsp3) is 0.368. The molecule has 1 fully saturated rings. The van der Waals surface area contributed by atoms with Gasteiger partial charge in [-0.1, -0.05) is 13.0 Å². The molecule has 1 atom stereocenters. The van der Waals surface area contributed by atoms with Gasteiger partial charge >= 0.3 is 0 Å². The Morgan fingerprint density at radius 2 is 2.12 bits per heavy atom. The average Bonchev–Trinajstić information content (AvgIpc) is 3.05. The first-order valence-corrected chi connectivity index (χ1v) is 8.72. The van der Waals surface area contributed by atoms with Crippen molar-refractivity contribution in [1.29, 1.82) is 0 Å². The van der Waals surface area contributed by atoms with Crippen LogP contribution in [0.4, 0.5) is 4.39 Å². The SMILES string of the molecule is CC1CCN(C2=C(F)CNC=C2NCc2ccc3nccnc3c2)C1. The van der Waals surface area contributed by atoms with Gasteiger partial charge in [-0.15, -0.1) is 0 Å². The van der Waals surface area contributed by atoms with Crippen LogP contribution in [0.1, 0.15) is 18.9 Å². The first-order valence-electron chi connectivity index (χ1n) is 8.72. The summed E-state index contributed by atoms with van der Waals surface area (Å²) in [6, 6.07) is 6.01. The minimum Gasteiger partial charge on any atom is -0.383 e. The summed E-state index contributed by atoms with van der Waals surface area (Å²) >= 11 is 0. The summed E-state index contributed by atoms with van der Waals surface area (Å²) in [5.74, 6) is 0.513. The molecule has 2 aliphatic rings. The largest absolute Gasteiger partial charge is 0.383 e. The summed E-state index contributed by atoms with van der Waals surface area (Å²) in [6.07, 6.45) is 6.37. The predicted molar refractivity (Wildman–Crippen MR) is 96.0 cm³/mol. The van der Waals surface area contributed by atoms with Crippen molar-refractivity contribution in [3.63, 3.8) is 0 Å². The lowest BCUT2D eigenvalue weighted by Gasteiger charge is -2.28. The van der Waals surface area contributed by atoms with Crippen LogP contribution in [-0.2, 0) is 6.54 Å². The second kappa shape index (κ2) is 6.70. The molecule has 0 aliphatic carbocycles. The molecule has 2 N–H and O–H groups in total. The van der Waals surface area contributed by atoms with Crippen molar-refractivity contribution in [3.8, 4) is 0 Å². The van der Waals surface area contributed by atoms with Crippen LogP contribution in [0.15, 0.2) is 54.0 Å². The number of aromatic nitrogens is 2.